The lowest BCUT2D eigenvalue weighted by molar-refractivity contribution is 0.181. The van der Waals surface area contributed by atoms with E-state index >= 15 is 0 Å². The number of hydrogen-bond acceptors (Lipinski definition) is 5. The second-order valence-corrected chi connectivity index (χ2v) is 4.62. The number of thiazole rings is 1. The van der Waals surface area contributed by atoms with Crippen LogP contribution in [-0.4, -0.2) is 17.1 Å². The van der Waals surface area contributed by atoms with Gasteiger partial charge in [-0.05, 0) is 12.1 Å². The van der Waals surface area contributed by atoms with Gasteiger partial charge in [0.1, 0.15) is 5.01 Å². The quantitative estimate of drug-likeness (QED) is 0.850. The monoisotopic (exact) mass is 252 g/mol. The van der Waals surface area contributed by atoms with Crippen LogP contribution >= 0.6 is 24.0 Å². The van der Waals surface area contributed by atoms with Gasteiger partial charge in [-0.25, -0.2) is 4.98 Å². The zero-order valence-corrected chi connectivity index (χ0v) is 10.6. The van der Waals surface area contributed by atoms with Crippen molar-refractivity contribution in [1.82, 2.24) is 9.97 Å². The van der Waals surface area contributed by atoms with Gasteiger partial charge in [0, 0.05) is 35.7 Å². The first kappa shape index (κ1) is 11.6. The number of aromatic nitrogens is 2. The third-order valence-corrected chi connectivity index (χ3v) is 3.79. The Morgan fingerprint density at radius 3 is 3.00 bits per heavy atom. The normalized spacial score (nSPS) is 10.6. The van der Waals surface area contributed by atoms with E-state index < -0.39 is 0 Å². The summed E-state index contributed by atoms with van der Waals surface area (Å²) in [6.45, 7) is 0.534. The van der Waals surface area contributed by atoms with Gasteiger partial charge in [0.25, 0.3) is 0 Å². The molecule has 0 radical (unpaired) electrons. The SMILES string of the molecule is COCc1nc(-c2cccnc2)sc1CS. The molecule has 0 N–H and O–H groups in total. The Morgan fingerprint density at radius 2 is 2.38 bits per heavy atom. The summed E-state index contributed by atoms with van der Waals surface area (Å²) in [7, 11) is 1.67. The molecule has 2 heterocycles. The van der Waals surface area contributed by atoms with E-state index in [-0.39, 0.29) is 0 Å². The van der Waals surface area contributed by atoms with Crippen molar-refractivity contribution in [1.29, 1.82) is 0 Å². The van der Waals surface area contributed by atoms with Gasteiger partial charge in [-0.3, -0.25) is 4.98 Å². The predicted molar refractivity (Wildman–Crippen MR) is 68.7 cm³/mol. The first-order chi connectivity index (χ1) is 7.85. The Hall–Kier alpha value is -0.910. The lowest BCUT2D eigenvalue weighted by Crippen LogP contribution is -1.91. The van der Waals surface area contributed by atoms with Gasteiger partial charge in [-0.15, -0.1) is 11.3 Å². The molecule has 0 aliphatic heterocycles. The fraction of sp³-hybridized carbons (Fsp3) is 0.273. The number of nitrogens with zero attached hydrogens (tertiary/aromatic N) is 2. The highest BCUT2D eigenvalue weighted by Gasteiger charge is 2.11. The van der Waals surface area contributed by atoms with Crippen molar-refractivity contribution < 1.29 is 4.74 Å². The first-order valence-corrected chi connectivity index (χ1v) is 6.29. The molecule has 2 rings (SSSR count). The van der Waals surface area contributed by atoms with Crippen molar-refractivity contribution in [2.75, 3.05) is 7.11 Å². The molecule has 2 aromatic rings. The standard InChI is InChI=1S/C11H12N2OS2/c1-14-6-9-10(7-15)16-11(13-9)8-3-2-4-12-5-8/h2-5,15H,6-7H2,1H3. The fourth-order valence-corrected chi connectivity index (χ4v) is 2.66. The van der Waals surface area contributed by atoms with Crippen molar-refractivity contribution in [2.45, 2.75) is 12.4 Å². The zero-order chi connectivity index (χ0) is 11.4. The highest BCUT2D eigenvalue weighted by molar-refractivity contribution is 7.79. The zero-order valence-electron chi connectivity index (χ0n) is 8.88. The van der Waals surface area contributed by atoms with Crippen LogP contribution in [0.2, 0.25) is 0 Å². The molecule has 0 spiro atoms. The summed E-state index contributed by atoms with van der Waals surface area (Å²) in [6, 6.07) is 3.91. The summed E-state index contributed by atoms with van der Waals surface area (Å²) in [5.74, 6) is 0.691. The van der Waals surface area contributed by atoms with Crippen molar-refractivity contribution in [3.63, 3.8) is 0 Å². The minimum Gasteiger partial charge on any atom is -0.378 e. The van der Waals surface area contributed by atoms with Gasteiger partial charge in [0.2, 0.25) is 0 Å². The molecule has 0 fully saturated rings. The van der Waals surface area contributed by atoms with Crippen LogP contribution in [0.1, 0.15) is 10.6 Å². The third-order valence-electron chi connectivity index (χ3n) is 2.11. The highest BCUT2D eigenvalue weighted by Crippen LogP contribution is 2.28. The Bertz CT molecular complexity index is 456. The van der Waals surface area contributed by atoms with E-state index in [1.807, 2.05) is 18.3 Å². The minimum atomic E-state index is 0.534. The average Bonchev–Trinajstić information content (AvgIpc) is 2.74. The van der Waals surface area contributed by atoms with Gasteiger partial charge in [0.05, 0.1) is 12.3 Å². The summed E-state index contributed by atoms with van der Waals surface area (Å²) < 4.78 is 5.11. The molecular weight excluding hydrogens is 240 g/mol. The van der Waals surface area contributed by atoms with Gasteiger partial charge < -0.3 is 4.74 Å². The minimum absolute atomic E-state index is 0.534. The summed E-state index contributed by atoms with van der Waals surface area (Å²) >= 11 is 5.94. The van der Waals surface area contributed by atoms with Gasteiger partial charge in [-0.2, -0.15) is 12.6 Å². The molecular formula is C11H12N2OS2. The third kappa shape index (κ3) is 2.42. The van der Waals surface area contributed by atoms with Gasteiger partial charge in [-0.1, -0.05) is 0 Å². The molecule has 0 aliphatic carbocycles. The molecule has 16 heavy (non-hydrogen) atoms. The maximum absolute atomic E-state index is 5.11. The maximum Gasteiger partial charge on any atom is 0.125 e. The number of ether oxygens (including phenoxy) is 1. The van der Waals surface area contributed by atoms with Crippen molar-refractivity contribution >= 4 is 24.0 Å². The number of hydrogen-bond donors (Lipinski definition) is 1. The molecule has 0 aromatic carbocycles. The van der Waals surface area contributed by atoms with E-state index in [9.17, 15) is 0 Å². The molecule has 3 nitrogen and oxygen atoms in total. The maximum atomic E-state index is 5.11. The van der Waals surface area contributed by atoms with Crippen LogP contribution < -0.4 is 0 Å². The Labute approximate surface area is 104 Å². The molecule has 0 amide bonds. The van der Waals surface area contributed by atoms with Crippen LogP contribution in [0.3, 0.4) is 0 Å². The molecule has 84 valence electrons. The largest absolute Gasteiger partial charge is 0.378 e. The Balaban J connectivity index is 2.36. The van der Waals surface area contributed by atoms with E-state index in [0.29, 0.717) is 12.4 Å². The molecule has 2 aromatic heterocycles. The van der Waals surface area contributed by atoms with Crippen LogP contribution in [0.5, 0.6) is 0 Å². The topological polar surface area (TPSA) is 35.0 Å². The molecule has 0 saturated heterocycles. The van der Waals surface area contributed by atoms with Gasteiger partial charge >= 0.3 is 0 Å². The fourth-order valence-electron chi connectivity index (χ4n) is 1.37. The van der Waals surface area contributed by atoms with Crippen LogP contribution in [0.4, 0.5) is 0 Å². The van der Waals surface area contributed by atoms with Crippen LogP contribution in [0.25, 0.3) is 10.6 Å². The lowest BCUT2D eigenvalue weighted by Gasteiger charge is -1.95. The van der Waals surface area contributed by atoms with E-state index in [1.54, 1.807) is 24.6 Å². The van der Waals surface area contributed by atoms with Crippen LogP contribution in [0, 0.1) is 0 Å². The number of rotatable bonds is 4. The molecule has 0 unspecified atom stereocenters. The van der Waals surface area contributed by atoms with Crippen LogP contribution in [-0.2, 0) is 17.1 Å². The summed E-state index contributed by atoms with van der Waals surface area (Å²) in [6.07, 6.45) is 3.57. The number of thiol groups is 1. The van der Waals surface area contributed by atoms with E-state index in [0.717, 1.165) is 21.1 Å². The lowest BCUT2D eigenvalue weighted by atomic mass is 10.3. The second kappa shape index (κ2) is 5.43. The van der Waals surface area contributed by atoms with Crippen LogP contribution in [0.15, 0.2) is 24.5 Å². The summed E-state index contributed by atoms with van der Waals surface area (Å²) in [5, 5.41) is 0.976. The molecule has 0 aliphatic rings. The van der Waals surface area contributed by atoms with E-state index in [2.05, 4.69) is 22.6 Å². The summed E-state index contributed by atoms with van der Waals surface area (Å²) in [5.41, 5.74) is 2.01. The van der Waals surface area contributed by atoms with E-state index in [4.69, 9.17) is 4.74 Å². The van der Waals surface area contributed by atoms with E-state index in [1.165, 1.54) is 0 Å². The Kier molecular flexibility index (Phi) is 3.93. The van der Waals surface area contributed by atoms with Crippen molar-refractivity contribution in [2.24, 2.45) is 0 Å². The number of pyridine rings is 1. The molecule has 0 bridgehead atoms. The second-order valence-electron chi connectivity index (χ2n) is 3.22. The molecule has 0 atom stereocenters. The van der Waals surface area contributed by atoms with Gasteiger partial charge in [0.15, 0.2) is 0 Å². The smallest absolute Gasteiger partial charge is 0.125 e. The predicted octanol–water partition coefficient (Wildman–Crippen LogP) is 2.78. The molecule has 5 heteroatoms. The summed E-state index contributed by atoms with van der Waals surface area (Å²) in [4.78, 5) is 9.79. The molecule has 0 saturated carbocycles. The van der Waals surface area contributed by atoms with Crippen molar-refractivity contribution in [3.05, 3.63) is 35.1 Å². The average molecular weight is 252 g/mol. The highest BCUT2D eigenvalue weighted by atomic mass is 32.1. The van der Waals surface area contributed by atoms with Crippen molar-refractivity contribution in [3.8, 4) is 10.6 Å². The Morgan fingerprint density at radius 1 is 1.50 bits per heavy atom. The first-order valence-electron chi connectivity index (χ1n) is 4.84. The number of methoxy groups -OCH3 is 1.